The number of nitrogens with zero attached hydrogens (tertiary/aromatic N) is 1. The van der Waals surface area contributed by atoms with E-state index in [1.807, 2.05) is 0 Å². The second-order valence-electron chi connectivity index (χ2n) is 5.04. The van der Waals surface area contributed by atoms with Gasteiger partial charge in [-0.2, -0.15) is 8.78 Å². The van der Waals surface area contributed by atoms with Gasteiger partial charge in [-0.3, -0.25) is 4.79 Å². The molecule has 1 aromatic carbocycles. The summed E-state index contributed by atoms with van der Waals surface area (Å²) >= 11 is 0. The third kappa shape index (κ3) is 4.54. The number of rotatable bonds is 4. The largest absolute Gasteiger partial charge is 0.493 e. The number of halogens is 2. The maximum atomic E-state index is 12.4. The molecule has 0 aliphatic carbocycles. The number of methoxy groups -OCH3 is 1. The number of alkyl halides is 2. The van der Waals surface area contributed by atoms with Gasteiger partial charge in [0, 0.05) is 18.7 Å². The molecule has 0 saturated carbocycles. The van der Waals surface area contributed by atoms with Crippen LogP contribution in [0.5, 0.6) is 11.5 Å². The van der Waals surface area contributed by atoms with Crippen molar-refractivity contribution in [1.29, 1.82) is 0 Å². The Morgan fingerprint density at radius 2 is 1.96 bits per heavy atom. The molecular weight excluding hydrogens is 332 g/mol. The fraction of sp³-hybridized carbons (Fsp3) is 0.500. The Labute approximate surface area is 132 Å². The van der Waals surface area contributed by atoms with Crippen molar-refractivity contribution in [2.24, 2.45) is 0 Å². The molecule has 0 unspecified atom stereocenters. The zero-order valence-corrected chi connectivity index (χ0v) is 13.3. The van der Waals surface area contributed by atoms with E-state index in [4.69, 9.17) is 4.74 Å². The van der Waals surface area contributed by atoms with Gasteiger partial charge in [-0.15, -0.1) is 0 Å². The van der Waals surface area contributed by atoms with Crippen molar-refractivity contribution >= 4 is 15.7 Å². The second-order valence-corrected chi connectivity index (χ2v) is 7.35. The number of hydrogen-bond acceptors (Lipinski definition) is 5. The third-order valence-electron chi connectivity index (χ3n) is 3.47. The molecule has 0 spiro atoms. The number of sulfone groups is 1. The van der Waals surface area contributed by atoms with Crippen LogP contribution in [0.3, 0.4) is 0 Å². The van der Waals surface area contributed by atoms with Gasteiger partial charge in [0.2, 0.25) is 0 Å². The number of carbonyl (C=O) groups excluding carboxylic acids is 1. The Bertz CT molecular complexity index is 678. The predicted molar refractivity (Wildman–Crippen MR) is 78.8 cm³/mol. The van der Waals surface area contributed by atoms with Gasteiger partial charge in [-0.25, -0.2) is 8.42 Å². The molecule has 1 fully saturated rings. The van der Waals surface area contributed by atoms with Crippen molar-refractivity contribution in [3.8, 4) is 11.5 Å². The Morgan fingerprint density at radius 1 is 1.22 bits per heavy atom. The lowest BCUT2D eigenvalue weighted by molar-refractivity contribution is -0.0512. The fourth-order valence-corrected chi connectivity index (χ4v) is 3.59. The molecule has 128 valence electrons. The topological polar surface area (TPSA) is 72.9 Å². The predicted octanol–water partition coefficient (Wildman–Crippen LogP) is 1.56. The second kappa shape index (κ2) is 7.12. The smallest absolute Gasteiger partial charge is 0.387 e. The molecule has 1 heterocycles. The first-order valence-electron chi connectivity index (χ1n) is 6.95. The van der Waals surface area contributed by atoms with Crippen LogP contribution in [0, 0.1) is 0 Å². The van der Waals surface area contributed by atoms with E-state index in [9.17, 15) is 22.0 Å². The summed E-state index contributed by atoms with van der Waals surface area (Å²) < 4.78 is 57.3. The number of hydrogen-bond donors (Lipinski definition) is 0. The summed E-state index contributed by atoms with van der Waals surface area (Å²) in [6.07, 6.45) is 0.352. The van der Waals surface area contributed by atoms with Crippen molar-refractivity contribution in [2.45, 2.75) is 13.0 Å². The lowest BCUT2D eigenvalue weighted by atomic mass is 10.1. The summed E-state index contributed by atoms with van der Waals surface area (Å²) in [6, 6.07) is 3.96. The van der Waals surface area contributed by atoms with Crippen LogP contribution in [0.4, 0.5) is 8.78 Å². The normalized spacial score (nSPS) is 17.7. The highest BCUT2D eigenvalue weighted by molar-refractivity contribution is 7.91. The first kappa shape index (κ1) is 17.5. The van der Waals surface area contributed by atoms with Crippen LogP contribution >= 0.6 is 0 Å². The molecule has 0 bridgehead atoms. The SMILES string of the molecule is COc1ccc(C(=O)N2CCCS(=O)(=O)CC2)cc1OC(F)F. The molecule has 0 atom stereocenters. The Balaban J connectivity index is 2.21. The number of amides is 1. The highest BCUT2D eigenvalue weighted by Crippen LogP contribution is 2.30. The molecule has 0 radical (unpaired) electrons. The average molecular weight is 349 g/mol. The van der Waals surface area contributed by atoms with Gasteiger partial charge in [0.25, 0.3) is 5.91 Å². The third-order valence-corrected chi connectivity index (χ3v) is 5.18. The molecule has 1 aliphatic rings. The quantitative estimate of drug-likeness (QED) is 0.825. The maximum Gasteiger partial charge on any atom is 0.387 e. The molecular formula is C14H17F2NO5S. The van der Waals surface area contributed by atoms with Crippen LogP contribution in [-0.2, 0) is 9.84 Å². The minimum Gasteiger partial charge on any atom is -0.493 e. The molecule has 1 saturated heterocycles. The van der Waals surface area contributed by atoms with E-state index in [0.717, 1.165) is 0 Å². The van der Waals surface area contributed by atoms with E-state index in [-0.39, 0.29) is 35.1 Å². The zero-order valence-electron chi connectivity index (χ0n) is 12.5. The Morgan fingerprint density at radius 3 is 2.61 bits per heavy atom. The summed E-state index contributed by atoms with van der Waals surface area (Å²) in [6.45, 7) is -2.66. The van der Waals surface area contributed by atoms with Gasteiger partial charge in [0.1, 0.15) is 0 Å². The van der Waals surface area contributed by atoms with Crippen LogP contribution in [0.1, 0.15) is 16.8 Å². The van der Waals surface area contributed by atoms with Crippen molar-refractivity contribution in [1.82, 2.24) is 4.90 Å². The Hall–Kier alpha value is -1.90. The molecule has 6 nitrogen and oxygen atoms in total. The van der Waals surface area contributed by atoms with E-state index >= 15 is 0 Å². The summed E-state index contributed by atoms with van der Waals surface area (Å²) in [5.74, 6) is -0.644. The van der Waals surface area contributed by atoms with Gasteiger partial charge in [-0.05, 0) is 24.6 Å². The lowest BCUT2D eigenvalue weighted by Crippen LogP contribution is -2.33. The van der Waals surface area contributed by atoms with Crippen molar-refractivity contribution in [3.05, 3.63) is 23.8 Å². The highest BCUT2D eigenvalue weighted by atomic mass is 32.2. The number of benzene rings is 1. The van der Waals surface area contributed by atoms with Gasteiger partial charge in [0.05, 0.1) is 18.6 Å². The molecule has 1 aromatic rings. The van der Waals surface area contributed by atoms with Crippen molar-refractivity contribution in [2.75, 3.05) is 31.7 Å². The standard InChI is InChI=1S/C14H17F2NO5S/c1-21-11-4-3-10(9-12(11)22-14(15)16)13(18)17-5-2-7-23(19,20)8-6-17/h3-4,9,14H,2,5-8H2,1H3. The number of carbonyl (C=O) groups is 1. The minimum absolute atomic E-state index is 0.0408. The molecule has 1 amide bonds. The van der Waals surface area contributed by atoms with Gasteiger partial charge in [0.15, 0.2) is 21.3 Å². The first-order chi connectivity index (χ1) is 10.8. The van der Waals surface area contributed by atoms with Gasteiger partial charge < -0.3 is 14.4 Å². The minimum atomic E-state index is -3.14. The Kier molecular flexibility index (Phi) is 5.40. The van der Waals surface area contributed by atoms with Crippen LogP contribution in [-0.4, -0.2) is 57.5 Å². The average Bonchev–Trinajstić information content (AvgIpc) is 2.66. The van der Waals surface area contributed by atoms with E-state index in [1.54, 1.807) is 0 Å². The maximum absolute atomic E-state index is 12.4. The van der Waals surface area contributed by atoms with E-state index in [1.165, 1.54) is 30.2 Å². The van der Waals surface area contributed by atoms with Crippen LogP contribution in [0.25, 0.3) is 0 Å². The summed E-state index contributed by atoms with van der Waals surface area (Å²) in [4.78, 5) is 13.8. The molecule has 23 heavy (non-hydrogen) atoms. The van der Waals surface area contributed by atoms with Crippen LogP contribution in [0.2, 0.25) is 0 Å². The lowest BCUT2D eigenvalue weighted by Gasteiger charge is -2.20. The summed E-state index contributed by atoms with van der Waals surface area (Å²) in [7, 11) is -1.84. The van der Waals surface area contributed by atoms with Crippen molar-refractivity contribution in [3.63, 3.8) is 0 Å². The van der Waals surface area contributed by atoms with Crippen LogP contribution in [0.15, 0.2) is 18.2 Å². The molecule has 9 heteroatoms. The number of ether oxygens (including phenoxy) is 2. The van der Waals surface area contributed by atoms with Gasteiger partial charge >= 0.3 is 6.61 Å². The summed E-state index contributed by atoms with van der Waals surface area (Å²) in [5.41, 5.74) is 0.140. The molecule has 2 rings (SSSR count). The van der Waals surface area contributed by atoms with Gasteiger partial charge in [-0.1, -0.05) is 0 Å². The zero-order chi connectivity index (χ0) is 17.0. The molecule has 0 N–H and O–H groups in total. The molecule has 1 aliphatic heterocycles. The monoisotopic (exact) mass is 349 g/mol. The van der Waals surface area contributed by atoms with E-state index in [2.05, 4.69) is 4.74 Å². The highest BCUT2D eigenvalue weighted by Gasteiger charge is 2.24. The van der Waals surface area contributed by atoms with Crippen molar-refractivity contribution < 1.29 is 31.5 Å². The molecule has 0 aromatic heterocycles. The first-order valence-corrected chi connectivity index (χ1v) is 8.77. The van der Waals surface area contributed by atoms with Crippen LogP contribution < -0.4 is 9.47 Å². The van der Waals surface area contributed by atoms with E-state index in [0.29, 0.717) is 13.0 Å². The van der Waals surface area contributed by atoms with E-state index < -0.39 is 22.4 Å². The fourth-order valence-electron chi connectivity index (χ4n) is 2.32. The summed E-state index contributed by atoms with van der Waals surface area (Å²) in [5, 5.41) is 0.